The standard InChI is InChI=1S/C60H105NO8/c1-6-8-10-12-14-16-18-20-22-24-26-27-28-29-30-31-33-34-36-38-40-42-44-46-48-50-57(62)67-54-56(55-68-60(59(64)65)66-53-52-61(3,4)5)69-58(63)51-49-47-45-43-41-39-37-35-32-25-23-21-19-17-15-13-11-9-7-2/h9,11,15,17,21,23-24,26,32,35,39,41,56,60H,6-8,10,12-14,16,18-20,22,25,27-31,33-34,36-38,40,42-55H2,1-5H3/p+1/b11-9-,17-15-,23-21-,26-24-,35-32-,41-39-. The maximum atomic E-state index is 12.8. The van der Waals surface area contributed by atoms with Gasteiger partial charge in [-0.1, -0.05) is 209 Å². The third kappa shape index (κ3) is 52.4. The Balaban J connectivity index is 4.29. The van der Waals surface area contributed by atoms with E-state index in [2.05, 4.69) is 86.8 Å². The van der Waals surface area contributed by atoms with Crippen LogP contribution in [-0.2, 0) is 33.3 Å². The van der Waals surface area contributed by atoms with Crippen molar-refractivity contribution in [3.05, 3.63) is 72.9 Å². The minimum atomic E-state index is -1.52. The molecule has 0 fully saturated rings. The van der Waals surface area contributed by atoms with E-state index in [1.165, 1.54) is 128 Å². The smallest absolute Gasteiger partial charge is 0.361 e. The third-order valence-corrected chi connectivity index (χ3v) is 11.9. The Morgan fingerprint density at radius 3 is 1.26 bits per heavy atom. The van der Waals surface area contributed by atoms with Gasteiger partial charge in [-0.15, -0.1) is 0 Å². The fraction of sp³-hybridized carbons (Fsp3) is 0.750. The van der Waals surface area contributed by atoms with Gasteiger partial charge in [0.25, 0.3) is 6.29 Å². The molecular formula is C60H106NO8+. The predicted molar refractivity (Wildman–Crippen MR) is 290 cm³/mol. The van der Waals surface area contributed by atoms with Crippen molar-refractivity contribution < 1.29 is 42.9 Å². The SMILES string of the molecule is CC/C=C\C/C=C\C/C=C\C/C=C\C/C=C\CCCCCC(=O)OC(COC(=O)CCCCCCCCCCCCCCC/C=C\CCCCCCCCCC)COC(OCC[N+](C)(C)C)C(=O)O. The number of aliphatic carboxylic acids is 1. The minimum absolute atomic E-state index is 0.178. The molecule has 0 bridgehead atoms. The molecule has 0 rings (SSSR count). The number of rotatable bonds is 51. The number of hydrogen-bond acceptors (Lipinski definition) is 7. The number of quaternary nitrogens is 1. The zero-order chi connectivity index (χ0) is 50.6. The van der Waals surface area contributed by atoms with Crippen molar-refractivity contribution in [1.29, 1.82) is 0 Å². The molecule has 2 unspecified atom stereocenters. The average Bonchev–Trinajstić information content (AvgIpc) is 3.31. The lowest BCUT2D eigenvalue weighted by Gasteiger charge is -2.25. The molecule has 9 nitrogen and oxygen atoms in total. The van der Waals surface area contributed by atoms with Crippen LogP contribution >= 0.6 is 0 Å². The lowest BCUT2D eigenvalue weighted by molar-refractivity contribution is -0.870. The number of nitrogens with zero attached hydrogens (tertiary/aromatic N) is 1. The average molecular weight is 970 g/mol. The molecule has 0 radical (unpaired) electrons. The van der Waals surface area contributed by atoms with Gasteiger partial charge in [0.2, 0.25) is 0 Å². The maximum Gasteiger partial charge on any atom is 0.361 e. The van der Waals surface area contributed by atoms with Crippen molar-refractivity contribution in [3.8, 4) is 0 Å². The highest BCUT2D eigenvalue weighted by Crippen LogP contribution is 2.15. The number of hydrogen-bond donors (Lipinski definition) is 1. The zero-order valence-electron chi connectivity index (χ0n) is 45.2. The second-order valence-corrected chi connectivity index (χ2v) is 19.9. The van der Waals surface area contributed by atoms with Gasteiger partial charge in [-0.05, 0) is 83.5 Å². The molecule has 0 saturated carbocycles. The monoisotopic (exact) mass is 969 g/mol. The summed E-state index contributed by atoms with van der Waals surface area (Å²) in [5, 5.41) is 9.69. The molecule has 2 atom stereocenters. The maximum absolute atomic E-state index is 12.8. The van der Waals surface area contributed by atoms with E-state index in [0.717, 1.165) is 70.6 Å². The van der Waals surface area contributed by atoms with Gasteiger partial charge in [-0.2, -0.15) is 0 Å². The van der Waals surface area contributed by atoms with E-state index in [0.29, 0.717) is 23.9 Å². The summed E-state index contributed by atoms with van der Waals surface area (Å²) < 4.78 is 22.8. The summed E-state index contributed by atoms with van der Waals surface area (Å²) in [7, 11) is 5.95. The molecule has 398 valence electrons. The molecule has 0 aromatic heterocycles. The molecule has 9 heteroatoms. The van der Waals surface area contributed by atoms with E-state index in [1.54, 1.807) is 0 Å². The highest BCUT2D eigenvalue weighted by Gasteiger charge is 2.25. The third-order valence-electron chi connectivity index (χ3n) is 11.9. The van der Waals surface area contributed by atoms with Crippen LogP contribution in [0.3, 0.4) is 0 Å². The van der Waals surface area contributed by atoms with E-state index >= 15 is 0 Å². The summed E-state index contributed by atoms with van der Waals surface area (Å²) >= 11 is 0. The highest BCUT2D eigenvalue weighted by atomic mass is 16.7. The Morgan fingerprint density at radius 2 is 0.826 bits per heavy atom. The quantitative estimate of drug-likeness (QED) is 0.0211. The number of ether oxygens (including phenoxy) is 4. The van der Waals surface area contributed by atoms with Crippen LogP contribution in [0.15, 0.2) is 72.9 Å². The Hall–Kier alpha value is -3.27. The van der Waals surface area contributed by atoms with Gasteiger partial charge in [-0.25, -0.2) is 4.79 Å². The van der Waals surface area contributed by atoms with Gasteiger partial charge in [0.15, 0.2) is 6.10 Å². The topological polar surface area (TPSA) is 108 Å². The van der Waals surface area contributed by atoms with Gasteiger partial charge >= 0.3 is 17.9 Å². The van der Waals surface area contributed by atoms with Crippen molar-refractivity contribution >= 4 is 17.9 Å². The zero-order valence-corrected chi connectivity index (χ0v) is 45.2. The van der Waals surface area contributed by atoms with Crippen LogP contribution in [0.2, 0.25) is 0 Å². The van der Waals surface area contributed by atoms with E-state index in [9.17, 15) is 19.5 Å². The van der Waals surface area contributed by atoms with Crippen molar-refractivity contribution in [2.45, 2.75) is 245 Å². The molecular weight excluding hydrogens is 863 g/mol. The molecule has 0 aromatic carbocycles. The molecule has 0 aliphatic heterocycles. The van der Waals surface area contributed by atoms with Gasteiger partial charge in [-0.3, -0.25) is 9.59 Å². The van der Waals surface area contributed by atoms with Crippen molar-refractivity contribution in [2.24, 2.45) is 0 Å². The van der Waals surface area contributed by atoms with Crippen molar-refractivity contribution in [2.75, 3.05) is 47.5 Å². The van der Waals surface area contributed by atoms with Gasteiger partial charge < -0.3 is 28.5 Å². The molecule has 0 aromatic rings. The first-order chi connectivity index (χ1) is 33.6. The van der Waals surface area contributed by atoms with Gasteiger partial charge in [0, 0.05) is 12.8 Å². The summed E-state index contributed by atoms with van der Waals surface area (Å²) in [6, 6.07) is 0. The summed E-state index contributed by atoms with van der Waals surface area (Å²) in [5.41, 5.74) is 0. The molecule has 0 aliphatic carbocycles. The Morgan fingerprint density at radius 1 is 0.449 bits per heavy atom. The molecule has 0 spiro atoms. The van der Waals surface area contributed by atoms with Crippen molar-refractivity contribution in [3.63, 3.8) is 0 Å². The van der Waals surface area contributed by atoms with Crippen LogP contribution in [0, 0.1) is 0 Å². The second kappa shape index (κ2) is 51.1. The van der Waals surface area contributed by atoms with Crippen LogP contribution in [0.25, 0.3) is 0 Å². The van der Waals surface area contributed by atoms with Crippen LogP contribution in [-0.4, -0.2) is 87.4 Å². The van der Waals surface area contributed by atoms with E-state index < -0.39 is 24.3 Å². The second-order valence-electron chi connectivity index (χ2n) is 19.9. The normalized spacial score (nSPS) is 13.3. The minimum Gasteiger partial charge on any atom is -0.477 e. The number of likely N-dealkylation sites (N-methyl/N-ethyl adjacent to an activating group) is 1. The largest absolute Gasteiger partial charge is 0.477 e. The number of unbranched alkanes of at least 4 members (excludes halogenated alkanes) is 24. The summed E-state index contributed by atoms with van der Waals surface area (Å²) in [6.07, 6.45) is 62.7. The summed E-state index contributed by atoms with van der Waals surface area (Å²) in [4.78, 5) is 37.4. The Kier molecular flexibility index (Phi) is 48.7. The van der Waals surface area contributed by atoms with Crippen LogP contribution in [0.4, 0.5) is 0 Å². The van der Waals surface area contributed by atoms with Crippen LogP contribution in [0.1, 0.15) is 232 Å². The van der Waals surface area contributed by atoms with Gasteiger partial charge in [0.1, 0.15) is 13.2 Å². The first kappa shape index (κ1) is 65.7. The lowest BCUT2D eigenvalue weighted by Crippen LogP contribution is -2.40. The Labute approximate surface area is 424 Å². The number of esters is 2. The molecule has 1 N–H and O–H groups in total. The molecule has 0 heterocycles. The summed E-state index contributed by atoms with van der Waals surface area (Å²) in [5.74, 6) is -2.05. The molecule has 0 saturated heterocycles. The number of carbonyl (C=O) groups excluding carboxylic acids is 2. The first-order valence-corrected chi connectivity index (χ1v) is 28.1. The van der Waals surface area contributed by atoms with Crippen molar-refractivity contribution in [1.82, 2.24) is 0 Å². The van der Waals surface area contributed by atoms with E-state index in [1.807, 2.05) is 21.1 Å². The number of carboxylic acids is 1. The van der Waals surface area contributed by atoms with Gasteiger partial charge in [0.05, 0.1) is 34.4 Å². The fourth-order valence-electron chi connectivity index (χ4n) is 7.62. The van der Waals surface area contributed by atoms with Crippen LogP contribution in [0.5, 0.6) is 0 Å². The number of carboxylic acid groups (broad SMARTS) is 1. The predicted octanol–water partition coefficient (Wildman–Crippen LogP) is 16.2. The molecule has 0 amide bonds. The number of allylic oxidation sites excluding steroid dienone is 12. The Bertz CT molecular complexity index is 1360. The molecule has 0 aliphatic rings. The summed E-state index contributed by atoms with van der Waals surface area (Å²) in [6.45, 7) is 4.73. The first-order valence-electron chi connectivity index (χ1n) is 28.1. The van der Waals surface area contributed by atoms with Crippen LogP contribution < -0.4 is 0 Å². The number of carbonyl (C=O) groups is 3. The highest BCUT2D eigenvalue weighted by molar-refractivity contribution is 5.71. The van der Waals surface area contributed by atoms with E-state index in [-0.39, 0.29) is 32.2 Å². The molecule has 69 heavy (non-hydrogen) atoms. The lowest BCUT2D eigenvalue weighted by atomic mass is 10.0. The van der Waals surface area contributed by atoms with E-state index in [4.69, 9.17) is 18.9 Å². The fourth-order valence-corrected chi connectivity index (χ4v) is 7.62.